The third-order valence-electron chi connectivity index (χ3n) is 3.62. The number of halogens is 2. The lowest BCUT2D eigenvalue weighted by Crippen LogP contribution is -2.41. The Morgan fingerprint density at radius 2 is 2.05 bits per heavy atom. The van der Waals surface area contributed by atoms with Gasteiger partial charge in [0.15, 0.2) is 0 Å². The zero-order chi connectivity index (χ0) is 13.7. The Labute approximate surface area is 123 Å². The lowest BCUT2D eigenvalue weighted by molar-refractivity contribution is 0.209. The SMILES string of the molecule is CC(CN1CCCCC1)NCc1ccc(F)c(Br)c1. The molecule has 1 aromatic carbocycles. The van der Waals surface area contributed by atoms with Gasteiger partial charge in [0.05, 0.1) is 4.47 Å². The van der Waals surface area contributed by atoms with E-state index in [1.54, 1.807) is 0 Å². The molecule has 1 heterocycles. The minimum absolute atomic E-state index is 0.204. The summed E-state index contributed by atoms with van der Waals surface area (Å²) in [6.45, 7) is 6.56. The normalized spacial score (nSPS) is 18.5. The van der Waals surface area contributed by atoms with E-state index in [2.05, 4.69) is 33.1 Å². The van der Waals surface area contributed by atoms with Crippen LogP contribution in [0.3, 0.4) is 0 Å². The third-order valence-corrected chi connectivity index (χ3v) is 4.23. The van der Waals surface area contributed by atoms with Crippen molar-refractivity contribution < 1.29 is 4.39 Å². The van der Waals surface area contributed by atoms with E-state index >= 15 is 0 Å². The molecular weight excluding hydrogens is 307 g/mol. The van der Waals surface area contributed by atoms with Crippen LogP contribution in [0.4, 0.5) is 4.39 Å². The zero-order valence-electron chi connectivity index (χ0n) is 11.5. The van der Waals surface area contributed by atoms with E-state index in [0.717, 1.165) is 18.7 Å². The molecule has 1 aliphatic rings. The maximum atomic E-state index is 13.1. The first kappa shape index (κ1) is 14.9. The molecule has 0 aromatic heterocycles. The van der Waals surface area contributed by atoms with Gasteiger partial charge in [0.2, 0.25) is 0 Å². The Kier molecular flexibility index (Phi) is 5.79. The van der Waals surface area contributed by atoms with Crippen molar-refractivity contribution in [2.45, 2.75) is 38.8 Å². The van der Waals surface area contributed by atoms with Crippen LogP contribution in [0.25, 0.3) is 0 Å². The predicted octanol–water partition coefficient (Wildman–Crippen LogP) is 3.55. The first-order chi connectivity index (χ1) is 9.15. The molecular formula is C15H22BrFN2. The van der Waals surface area contributed by atoms with E-state index in [0.29, 0.717) is 10.5 Å². The van der Waals surface area contributed by atoms with E-state index in [1.807, 2.05) is 12.1 Å². The molecule has 1 unspecified atom stereocenters. The first-order valence-electron chi connectivity index (χ1n) is 7.05. The highest BCUT2D eigenvalue weighted by Gasteiger charge is 2.13. The second-order valence-corrected chi connectivity index (χ2v) is 6.25. The van der Waals surface area contributed by atoms with Gasteiger partial charge in [-0.1, -0.05) is 12.5 Å². The monoisotopic (exact) mass is 328 g/mol. The average molecular weight is 329 g/mol. The number of rotatable bonds is 5. The highest BCUT2D eigenvalue weighted by Crippen LogP contribution is 2.17. The Hall–Kier alpha value is -0.450. The minimum Gasteiger partial charge on any atom is -0.309 e. The van der Waals surface area contributed by atoms with Gasteiger partial charge in [-0.3, -0.25) is 0 Å². The summed E-state index contributed by atoms with van der Waals surface area (Å²) in [6.07, 6.45) is 4.04. The van der Waals surface area contributed by atoms with Crippen molar-refractivity contribution in [3.8, 4) is 0 Å². The number of likely N-dealkylation sites (tertiary alicyclic amines) is 1. The van der Waals surface area contributed by atoms with Crippen LogP contribution in [0.5, 0.6) is 0 Å². The molecule has 1 N–H and O–H groups in total. The summed E-state index contributed by atoms with van der Waals surface area (Å²) in [5.41, 5.74) is 1.11. The van der Waals surface area contributed by atoms with E-state index < -0.39 is 0 Å². The van der Waals surface area contributed by atoms with Crippen molar-refractivity contribution in [2.24, 2.45) is 0 Å². The Bertz CT molecular complexity index is 405. The minimum atomic E-state index is -0.204. The average Bonchev–Trinajstić information content (AvgIpc) is 2.41. The van der Waals surface area contributed by atoms with Crippen molar-refractivity contribution in [1.82, 2.24) is 10.2 Å². The highest BCUT2D eigenvalue weighted by atomic mass is 79.9. The van der Waals surface area contributed by atoms with E-state index in [-0.39, 0.29) is 5.82 Å². The number of benzene rings is 1. The van der Waals surface area contributed by atoms with Gasteiger partial charge in [-0.25, -0.2) is 4.39 Å². The Morgan fingerprint density at radius 3 is 2.74 bits per heavy atom. The second-order valence-electron chi connectivity index (χ2n) is 5.39. The molecule has 1 atom stereocenters. The van der Waals surface area contributed by atoms with Crippen LogP contribution in [0.15, 0.2) is 22.7 Å². The van der Waals surface area contributed by atoms with Crippen LogP contribution in [0, 0.1) is 5.82 Å². The fourth-order valence-corrected chi connectivity index (χ4v) is 2.96. The summed E-state index contributed by atoms with van der Waals surface area (Å²) in [5, 5.41) is 3.51. The molecule has 0 radical (unpaired) electrons. The number of piperidine rings is 1. The number of hydrogen-bond acceptors (Lipinski definition) is 2. The van der Waals surface area contributed by atoms with Gasteiger partial charge < -0.3 is 10.2 Å². The maximum Gasteiger partial charge on any atom is 0.137 e. The molecule has 1 aromatic rings. The van der Waals surface area contributed by atoms with E-state index in [1.165, 1.54) is 38.4 Å². The van der Waals surface area contributed by atoms with Crippen LogP contribution in [-0.4, -0.2) is 30.6 Å². The molecule has 4 heteroatoms. The summed E-state index contributed by atoms with van der Waals surface area (Å²) in [4.78, 5) is 2.53. The first-order valence-corrected chi connectivity index (χ1v) is 7.84. The Morgan fingerprint density at radius 1 is 1.32 bits per heavy atom. The van der Waals surface area contributed by atoms with Crippen LogP contribution < -0.4 is 5.32 Å². The van der Waals surface area contributed by atoms with Gasteiger partial charge >= 0.3 is 0 Å². The molecule has 1 saturated heterocycles. The number of nitrogens with one attached hydrogen (secondary N) is 1. The molecule has 0 spiro atoms. The van der Waals surface area contributed by atoms with Gasteiger partial charge in [0.1, 0.15) is 5.82 Å². The lowest BCUT2D eigenvalue weighted by Gasteiger charge is -2.29. The summed E-state index contributed by atoms with van der Waals surface area (Å²) < 4.78 is 13.7. The maximum absolute atomic E-state index is 13.1. The molecule has 106 valence electrons. The van der Waals surface area contributed by atoms with E-state index in [4.69, 9.17) is 0 Å². The summed E-state index contributed by atoms with van der Waals surface area (Å²) in [7, 11) is 0. The van der Waals surface area contributed by atoms with Crippen molar-refractivity contribution >= 4 is 15.9 Å². The van der Waals surface area contributed by atoms with Crippen LogP contribution in [-0.2, 0) is 6.54 Å². The smallest absolute Gasteiger partial charge is 0.137 e. The Balaban J connectivity index is 1.75. The van der Waals surface area contributed by atoms with Gasteiger partial charge in [-0.2, -0.15) is 0 Å². The quantitative estimate of drug-likeness (QED) is 0.889. The predicted molar refractivity (Wildman–Crippen MR) is 80.7 cm³/mol. The van der Waals surface area contributed by atoms with Crippen molar-refractivity contribution in [2.75, 3.05) is 19.6 Å². The molecule has 2 rings (SSSR count). The molecule has 0 aliphatic carbocycles. The van der Waals surface area contributed by atoms with Gasteiger partial charge in [0.25, 0.3) is 0 Å². The van der Waals surface area contributed by atoms with Crippen LogP contribution in [0.2, 0.25) is 0 Å². The summed E-state index contributed by atoms with van der Waals surface area (Å²) in [5.74, 6) is -0.204. The number of nitrogens with zero attached hydrogens (tertiary/aromatic N) is 1. The highest BCUT2D eigenvalue weighted by molar-refractivity contribution is 9.10. The van der Waals surface area contributed by atoms with Gasteiger partial charge in [-0.05, 0) is 66.5 Å². The molecule has 1 fully saturated rings. The largest absolute Gasteiger partial charge is 0.309 e. The van der Waals surface area contributed by atoms with Gasteiger partial charge in [-0.15, -0.1) is 0 Å². The van der Waals surface area contributed by atoms with Crippen LogP contribution in [0.1, 0.15) is 31.7 Å². The summed E-state index contributed by atoms with van der Waals surface area (Å²) >= 11 is 3.22. The molecule has 0 saturated carbocycles. The second kappa shape index (κ2) is 7.36. The fraction of sp³-hybridized carbons (Fsp3) is 0.600. The third kappa shape index (κ3) is 4.86. The molecule has 0 amide bonds. The van der Waals surface area contributed by atoms with Crippen molar-refractivity contribution in [1.29, 1.82) is 0 Å². The zero-order valence-corrected chi connectivity index (χ0v) is 13.0. The summed E-state index contributed by atoms with van der Waals surface area (Å²) in [6, 6.07) is 5.65. The van der Waals surface area contributed by atoms with Crippen LogP contribution >= 0.6 is 15.9 Å². The molecule has 0 bridgehead atoms. The van der Waals surface area contributed by atoms with Crippen molar-refractivity contribution in [3.05, 3.63) is 34.1 Å². The molecule has 1 aliphatic heterocycles. The van der Waals surface area contributed by atoms with Crippen molar-refractivity contribution in [3.63, 3.8) is 0 Å². The van der Waals surface area contributed by atoms with Gasteiger partial charge in [0, 0.05) is 19.1 Å². The fourth-order valence-electron chi connectivity index (χ4n) is 2.54. The molecule has 19 heavy (non-hydrogen) atoms. The topological polar surface area (TPSA) is 15.3 Å². The van der Waals surface area contributed by atoms with E-state index in [9.17, 15) is 4.39 Å². The number of hydrogen-bond donors (Lipinski definition) is 1. The molecule has 2 nitrogen and oxygen atoms in total. The lowest BCUT2D eigenvalue weighted by atomic mass is 10.1. The standard InChI is InChI=1S/C15H22BrFN2/c1-12(11-19-7-3-2-4-8-19)18-10-13-5-6-15(17)14(16)9-13/h5-6,9,12,18H,2-4,7-8,10-11H2,1H3.